The maximum absolute atomic E-state index is 11.1. The van der Waals surface area contributed by atoms with Crippen molar-refractivity contribution < 1.29 is 9.53 Å². The lowest BCUT2D eigenvalue weighted by molar-refractivity contribution is 0.0518. The number of terminal acetylenes is 1. The number of esters is 1. The first-order valence-corrected chi connectivity index (χ1v) is 3.92. The first-order chi connectivity index (χ1) is 6.27. The van der Waals surface area contributed by atoms with Crippen molar-refractivity contribution >= 4 is 5.97 Å². The van der Waals surface area contributed by atoms with Gasteiger partial charge in [-0.3, -0.25) is 4.68 Å². The molecule has 0 amide bonds. The van der Waals surface area contributed by atoms with Crippen LogP contribution in [-0.2, 0) is 11.3 Å². The molecule has 0 bridgehead atoms. The second-order valence-corrected chi connectivity index (χ2v) is 2.32. The average Bonchev–Trinajstić information content (AvgIpc) is 2.54. The SMILES string of the molecule is C#CCn1ccc(C(=O)OCC)n1. The highest BCUT2D eigenvalue weighted by Crippen LogP contribution is 1.97. The summed E-state index contributed by atoms with van der Waals surface area (Å²) < 4.78 is 6.26. The summed E-state index contributed by atoms with van der Waals surface area (Å²) in [6.45, 7) is 2.45. The third-order valence-electron chi connectivity index (χ3n) is 1.38. The summed E-state index contributed by atoms with van der Waals surface area (Å²) in [4.78, 5) is 11.1. The highest BCUT2D eigenvalue weighted by molar-refractivity contribution is 5.86. The molecule has 0 aliphatic heterocycles. The smallest absolute Gasteiger partial charge is 0.358 e. The van der Waals surface area contributed by atoms with E-state index >= 15 is 0 Å². The fourth-order valence-electron chi connectivity index (χ4n) is 0.857. The number of rotatable bonds is 3. The Kier molecular flexibility index (Phi) is 3.09. The summed E-state index contributed by atoms with van der Waals surface area (Å²) in [5.41, 5.74) is 0.289. The predicted octanol–water partition coefficient (Wildman–Crippen LogP) is 0.693. The van der Waals surface area contributed by atoms with E-state index in [0.717, 1.165) is 0 Å². The Bertz CT molecular complexity index is 336. The highest BCUT2D eigenvalue weighted by atomic mass is 16.5. The standard InChI is InChI=1S/C9H10N2O2/c1-3-6-11-7-5-8(10-11)9(12)13-4-2/h1,5,7H,4,6H2,2H3. The molecule has 1 aromatic rings. The summed E-state index contributed by atoms with van der Waals surface area (Å²) in [5.74, 6) is 2.00. The van der Waals surface area contributed by atoms with Crippen molar-refractivity contribution in [1.29, 1.82) is 0 Å². The zero-order chi connectivity index (χ0) is 9.68. The van der Waals surface area contributed by atoms with Crippen molar-refractivity contribution in [3.05, 3.63) is 18.0 Å². The summed E-state index contributed by atoms with van der Waals surface area (Å²) in [7, 11) is 0. The van der Waals surface area contributed by atoms with E-state index in [1.165, 1.54) is 4.68 Å². The van der Waals surface area contributed by atoms with E-state index in [1.807, 2.05) is 0 Å². The number of carbonyl (C=O) groups is 1. The first kappa shape index (κ1) is 9.33. The third kappa shape index (κ3) is 2.34. The molecule has 0 aliphatic rings. The normalized spacial score (nSPS) is 9.23. The van der Waals surface area contributed by atoms with Crippen molar-refractivity contribution in [1.82, 2.24) is 9.78 Å². The minimum Gasteiger partial charge on any atom is -0.461 e. The van der Waals surface area contributed by atoms with Crippen LogP contribution in [0.1, 0.15) is 17.4 Å². The highest BCUT2D eigenvalue weighted by Gasteiger charge is 2.08. The molecule has 0 saturated heterocycles. The summed E-state index contributed by atoms with van der Waals surface area (Å²) in [6, 6.07) is 1.58. The summed E-state index contributed by atoms with van der Waals surface area (Å²) in [5, 5.41) is 3.92. The first-order valence-electron chi connectivity index (χ1n) is 3.92. The van der Waals surface area contributed by atoms with Crippen molar-refractivity contribution in [3.8, 4) is 12.3 Å². The molecule has 4 heteroatoms. The lowest BCUT2D eigenvalue weighted by Crippen LogP contribution is -2.06. The summed E-state index contributed by atoms with van der Waals surface area (Å²) >= 11 is 0. The van der Waals surface area contributed by atoms with Gasteiger partial charge >= 0.3 is 5.97 Å². The van der Waals surface area contributed by atoms with E-state index in [4.69, 9.17) is 11.2 Å². The van der Waals surface area contributed by atoms with Gasteiger partial charge in [-0.15, -0.1) is 6.42 Å². The van der Waals surface area contributed by atoms with Crippen LogP contribution in [0.15, 0.2) is 12.3 Å². The minimum atomic E-state index is -0.418. The molecule has 1 aromatic heterocycles. The van der Waals surface area contributed by atoms with Gasteiger partial charge in [-0.2, -0.15) is 5.10 Å². The van der Waals surface area contributed by atoms with Gasteiger partial charge in [-0.25, -0.2) is 4.79 Å². The van der Waals surface area contributed by atoms with Gasteiger partial charge in [0.2, 0.25) is 0 Å². The van der Waals surface area contributed by atoms with Gasteiger partial charge in [0, 0.05) is 6.20 Å². The van der Waals surface area contributed by atoms with Crippen molar-refractivity contribution in [2.75, 3.05) is 6.61 Å². The fourth-order valence-corrected chi connectivity index (χ4v) is 0.857. The second kappa shape index (κ2) is 4.31. The van der Waals surface area contributed by atoms with Crippen LogP contribution >= 0.6 is 0 Å². The molecule has 1 rings (SSSR count). The quantitative estimate of drug-likeness (QED) is 0.505. The molecule has 0 spiro atoms. The molecule has 4 nitrogen and oxygen atoms in total. The predicted molar refractivity (Wildman–Crippen MR) is 47.0 cm³/mol. The minimum absolute atomic E-state index is 0.289. The topological polar surface area (TPSA) is 44.1 Å². The monoisotopic (exact) mass is 178 g/mol. The average molecular weight is 178 g/mol. The van der Waals surface area contributed by atoms with Crippen molar-refractivity contribution in [2.45, 2.75) is 13.5 Å². The Morgan fingerprint density at radius 3 is 3.23 bits per heavy atom. The Balaban J connectivity index is 2.69. The lowest BCUT2D eigenvalue weighted by atomic mass is 10.4. The maximum atomic E-state index is 11.1. The lowest BCUT2D eigenvalue weighted by Gasteiger charge is -1.96. The number of carbonyl (C=O) groups excluding carboxylic acids is 1. The molecule has 13 heavy (non-hydrogen) atoms. The molecule has 1 heterocycles. The fraction of sp³-hybridized carbons (Fsp3) is 0.333. The van der Waals surface area contributed by atoms with Crippen LogP contribution < -0.4 is 0 Å². The van der Waals surface area contributed by atoms with E-state index in [0.29, 0.717) is 13.2 Å². The second-order valence-electron chi connectivity index (χ2n) is 2.32. The summed E-state index contributed by atoms with van der Waals surface area (Å²) in [6.07, 6.45) is 6.72. The molecule has 0 atom stereocenters. The number of hydrogen-bond donors (Lipinski definition) is 0. The van der Waals surface area contributed by atoms with E-state index < -0.39 is 5.97 Å². The van der Waals surface area contributed by atoms with Gasteiger partial charge in [0.25, 0.3) is 0 Å². The molecular formula is C9H10N2O2. The molecule has 0 fully saturated rings. The number of hydrogen-bond acceptors (Lipinski definition) is 3. The van der Waals surface area contributed by atoms with Crippen molar-refractivity contribution in [2.24, 2.45) is 0 Å². The number of ether oxygens (including phenoxy) is 1. The molecule has 0 radical (unpaired) electrons. The van der Waals surface area contributed by atoms with Crippen LogP contribution in [0.2, 0.25) is 0 Å². The Morgan fingerprint density at radius 1 is 1.85 bits per heavy atom. The zero-order valence-corrected chi connectivity index (χ0v) is 7.36. The van der Waals surface area contributed by atoms with Gasteiger partial charge in [0.1, 0.15) is 6.54 Å². The molecular weight excluding hydrogens is 168 g/mol. The van der Waals surface area contributed by atoms with Gasteiger partial charge in [0.05, 0.1) is 6.61 Å². The molecule has 0 unspecified atom stereocenters. The van der Waals surface area contributed by atoms with E-state index in [1.54, 1.807) is 19.2 Å². The Morgan fingerprint density at radius 2 is 2.62 bits per heavy atom. The van der Waals surface area contributed by atoms with Crippen LogP contribution in [0.25, 0.3) is 0 Å². The van der Waals surface area contributed by atoms with Gasteiger partial charge < -0.3 is 4.74 Å². The van der Waals surface area contributed by atoms with E-state index in [-0.39, 0.29) is 5.69 Å². The van der Waals surface area contributed by atoms with E-state index in [2.05, 4.69) is 11.0 Å². The zero-order valence-electron chi connectivity index (χ0n) is 7.36. The Labute approximate surface area is 76.5 Å². The third-order valence-corrected chi connectivity index (χ3v) is 1.38. The Hall–Kier alpha value is -1.76. The van der Waals surface area contributed by atoms with Crippen molar-refractivity contribution in [3.63, 3.8) is 0 Å². The van der Waals surface area contributed by atoms with Crippen LogP contribution in [0.3, 0.4) is 0 Å². The molecule has 68 valence electrons. The molecule has 0 aromatic carbocycles. The van der Waals surface area contributed by atoms with Crippen LogP contribution in [0.4, 0.5) is 0 Å². The van der Waals surface area contributed by atoms with Gasteiger partial charge in [0.15, 0.2) is 5.69 Å². The number of nitrogens with zero attached hydrogens (tertiary/aromatic N) is 2. The van der Waals surface area contributed by atoms with E-state index in [9.17, 15) is 4.79 Å². The van der Waals surface area contributed by atoms with Crippen LogP contribution in [0, 0.1) is 12.3 Å². The van der Waals surface area contributed by atoms with Crippen LogP contribution in [-0.4, -0.2) is 22.4 Å². The largest absolute Gasteiger partial charge is 0.461 e. The maximum Gasteiger partial charge on any atom is 0.358 e. The van der Waals surface area contributed by atoms with Crippen LogP contribution in [0.5, 0.6) is 0 Å². The van der Waals surface area contributed by atoms with Gasteiger partial charge in [-0.1, -0.05) is 5.92 Å². The van der Waals surface area contributed by atoms with Gasteiger partial charge in [-0.05, 0) is 13.0 Å². The molecule has 0 N–H and O–H groups in total. The molecule has 0 aliphatic carbocycles. The number of aromatic nitrogens is 2. The molecule has 0 saturated carbocycles.